The molecule has 1 fully saturated rings. The van der Waals surface area contributed by atoms with Crippen molar-refractivity contribution in [1.29, 1.82) is 0 Å². The van der Waals surface area contributed by atoms with E-state index in [1.807, 2.05) is 36.4 Å². The van der Waals surface area contributed by atoms with Gasteiger partial charge in [0.2, 0.25) is 0 Å². The van der Waals surface area contributed by atoms with E-state index in [0.717, 1.165) is 25.0 Å². The fraction of sp³-hybridized carbons (Fsp3) is 0.433. The smallest absolute Gasteiger partial charge is 0.407 e. The van der Waals surface area contributed by atoms with Crippen molar-refractivity contribution in [2.75, 3.05) is 19.8 Å². The van der Waals surface area contributed by atoms with Crippen LogP contribution in [0.4, 0.5) is 9.59 Å². The fourth-order valence-corrected chi connectivity index (χ4v) is 4.20. The summed E-state index contributed by atoms with van der Waals surface area (Å²) in [5.41, 5.74) is 1.52. The number of carbonyl (C=O) groups is 5. The molecule has 238 valence electrons. The highest BCUT2D eigenvalue weighted by Gasteiger charge is 2.51. The summed E-state index contributed by atoms with van der Waals surface area (Å²) in [5.74, 6) is -2.14. The third-order valence-electron chi connectivity index (χ3n) is 6.06. The largest absolute Gasteiger partial charge is 0.463 e. The van der Waals surface area contributed by atoms with Gasteiger partial charge in [0.15, 0.2) is 18.5 Å². The molecule has 14 nitrogen and oxygen atoms in total. The second-order valence-corrected chi connectivity index (χ2v) is 9.58. The lowest BCUT2D eigenvalue weighted by Crippen LogP contribution is -2.67. The highest BCUT2D eigenvalue weighted by Crippen LogP contribution is 2.28. The minimum atomic E-state index is -1.34. The van der Waals surface area contributed by atoms with Gasteiger partial charge in [0.25, 0.3) is 0 Å². The summed E-state index contributed by atoms with van der Waals surface area (Å²) in [4.78, 5) is 60.7. The minimum Gasteiger partial charge on any atom is -0.463 e. The SMILES string of the molecule is CC(=O)OC[C@H]1O[C@@H](OCCNC(=O)OCc2ccccc2)[C@H](NC(=O)OCc2ccccc2)[C@@H](OC(C)=O)[C@@H]1OC(C)=O. The number of esters is 3. The van der Waals surface area contributed by atoms with Gasteiger partial charge < -0.3 is 43.8 Å². The first-order valence-corrected chi connectivity index (χ1v) is 13.8. The molecule has 1 aliphatic heterocycles. The van der Waals surface area contributed by atoms with Crippen LogP contribution in [0.25, 0.3) is 0 Å². The van der Waals surface area contributed by atoms with Crippen molar-refractivity contribution in [3.8, 4) is 0 Å². The van der Waals surface area contributed by atoms with E-state index in [2.05, 4.69) is 10.6 Å². The van der Waals surface area contributed by atoms with Crippen LogP contribution < -0.4 is 10.6 Å². The van der Waals surface area contributed by atoms with Gasteiger partial charge in [0, 0.05) is 27.3 Å². The Morgan fingerprint density at radius 1 is 0.705 bits per heavy atom. The Morgan fingerprint density at radius 2 is 1.25 bits per heavy atom. The number of ether oxygens (including phenoxy) is 7. The zero-order chi connectivity index (χ0) is 31.9. The molecule has 44 heavy (non-hydrogen) atoms. The van der Waals surface area contributed by atoms with Crippen molar-refractivity contribution in [3.63, 3.8) is 0 Å². The first-order chi connectivity index (χ1) is 21.1. The molecule has 1 heterocycles. The normalized spacial score (nSPS) is 20.8. The molecule has 0 radical (unpaired) electrons. The number of nitrogens with one attached hydrogen (secondary N) is 2. The topological polar surface area (TPSA) is 174 Å². The second-order valence-electron chi connectivity index (χ2n) is 9.58. The molecule has 2 aromatic carbocycles. The van der Waals surface area contributed by atoms with E-state index in [4.69, 9.17) is 33.2 Å². The number of hydrogen-bond donors (Lipinski definition) is 2. The molecule has 2 aromatic rings. The zero-order valence-corrected chi connectivity index (χ0v) is 24.6. The van der Waals surface area contributed by atoms with E-state index < -0.39 is 60.7 Å². The number of alkyl carbamates (subject to hydrolysis) is 2. The maximum Gasteiger partial charge on any atom is 0.407 e. The standard InChI is InChI=1S/C30H36N2O12/c1-19(33)39-18-24-26(42-20(2)34)27(43-21(3)35)25(32-30(37)41-17-23-12-8-5-9-13-23)28(44-24)38-15-14-31-29(36)40-16-22-10-6-4-7-11-22/h4-13,24-28H,14-18H2,1-3H3,(H,31,36)(H,32,37)/t24-,25-,26-,27-,28-/m1/s1. The quantitative estimate of drug-likeness (QED) is 0.191. The number of benzene rings is 2. The van der Waals surface area contributed by atoms with Gasteiger partial charge >= 0.3 is 30.1 Å². The molecule has 0 bridgehead atoms. The Hall–Kier alpha value is -4.69. The molecule has 1 saturated heterocycles. The van der Waals surface area contributed by atoms with Crippen molar-refractivity contribution >= 4 is 30.1 Å². The van der Waals surface area contributed by atoms with Crippen molar-refractivity contribution in [2.24, 2.45) is 0 Å². The molecule has 0 saturated carbocycles. The third-order valence-corrected chi connectivity index (χ3v) is 6.06. The number of rotatable bonds is 13. The van der Waals surface area contributed by atoms with E-state index in [1.165, 1.54) is 6.92 Å². The van der Waals surface area contributed by atoms with E-state index >= 15 is 0 Å². The van der Waals surface area contributed by atoms with Gasteiger partial charge in [-0.1, -0.05) is 60.7 Å². The molecule has 3 rings (SSSR count). The molecule has 2 N–H and O–H groups in total. The van der Waals surface area contributed by atoms with Gasteiger partial charge in [-0.05, 0) is 11.1 Å². The van der Waals surface area contributed by atoms with Crippen LogP contribution in [-0.2, 0) is 60.8 Å². The van der Waals surface area contributed by atoms with Crippen LogP contribution in [0.1, 0.15) is 31.9 Å². The predicted octanol–water partition coefficient (Wildman–Crippen LogP) is 2.38. The van der Waals surface area contributed by atoms with Crippen molar-refractivity contribution in [3.05, 3.63) is 71.8 Å². The Morgan fingerprint density at radius 3 is 1.80 bits per heavy atom. The van der Waals surface area contributed by atoms with E-state index in [1.54, 1.807) is 24.3 Å². The molecule has 5 atom stereocenters. The van der Waals surface area contributed by atoms with Crippen LogP contribution in [0.3, 0.4) is 0 Å². The summed E-state index contributed by atoms with van der Waals surface area (Å²) in [6.07, 6.45) is -6.74. The lowest BCUT2D eigenvalue weighted by Gasteiger charge is -2.44. The molecule has 0 aromatic heterocycles. The summed E-state index contributed by atoms with van der Waals surface area (Å²) in [6, 6.07) is 16.7. The van der Waals surface area contributed by atoms with E-state index in [0.29, 0.717) is 0 Å². The lowest BCUT2D eigenvalue weighted by molar-refractivity contribution is -0.276. The number of hydrogen-bond acceptors (Lipinski definition) is 12. The summed E-state index contributed by atoms with van der Waals surface area (Å²) >= 11 is 0. The predicted molar refractivity (Wildman–Crippen MR) is 151 cm³/mol. The van der Waals surface area contributed by atoms with Crippen LogP contribution >= 0.6 is 0 Å². The Balaban J connectivity index is 1.72. The van der Waals surface area contributed by atoms with Gasteiger partial charge in [-0.3, -0.25) is 14.4 Å². The summed E-state index contributed by atoms with van der Waals surface area (Å²) in [5, 5.41) is 5.11. The Labute approximate surface area is 254 Å². The fourth-order valence-electron chi connectivity index (χ4n) is 4.20. The van der Waals surface area contributed by atoms with E-state index in [9.17, 15) is 24.0 Å². The highest BCUT2D eigenvalue weighted by molar-refractivity contribution is 5.70. The second kappa shape index (κ2) is 17.4. The van der Waals surface area contributed by atoms with Gasteiger partial charge in [0.1, 0.15) is 32.0 Å². The molecular formula is C30H36N2O12. The molecular weight excluding hydrogens is 580 g/mol. The zero-order valence-electron chi connectivity index (χ0n) is 24.6. The monoisotopic (exact) mass is 616 g/mol. The third kappa shape index (κ3) is 11.5. The minimum absolute atomic E-state index is 0.0289. The summed E-state index contributed by atoms with van der Waals surface area (Å²) in [6.45, 7) is 2.88. The Kier molecular flexibility index (Phi) is 13.4. The first-order valence-electron chi connectivity index (χ1n) is 13.8. The van der Waals surface area contributed by atoms with Crippen LogP contribution in [0.15, 0.2) is 60.7 Å². The summed E-state index contributed by atoms with van der Waals surface area (Å²) in [7, 11) is 0. The van der Waals surface area contributed by atoms with Crippen LogP contribution in [0.2, 0.25) is 0 Å². The molecule has 0 spiro atoms. The average Bonchev–Trinajstić information content (AvgIpc) is 2.99. The van der Waals surface area contributed by atoms with E-state index in [-0.39, 0.29) is 33.0 Å². The van der Waals surface area contributed by atoms with Gasteiger partial charge in [-0.15, -0.1) is 0 Å². The highest BCUT2D eigenvalue weighted by atomic mass is 16.7. The Bertz CT molecular complexity index is 1240. The molecule has 0 aliphatic carbocycles. The average molecular weight is 617 g/mol. The molecule has 1 aliphatic rings. The van der Waals surface area contributed by atoms with Gasteiger partial charge in [0.05, 0.1) is 6.61 Å². The van der Waals surface area contributed by atoms with Gasteiger partial charge in [-0.25, -0.2) is 9.59 Å². The van der Waals surface area contributed by atoms with Gasteiger partial charge in [-0.2, -0.15) is 0 Å². The van der Waals surface area contributed by atoms with Crippen molar-refractivity contribution in [2.45, 2.75) is 64.6 Å². The first kappa shape index (κ1) is 33.8. The number of amides is 2. The van der Waals surface area contributed by atoms with Crippen molar-refractivity contribution < 1.29 is 57.1 Å². The maximum atomic E-state index is 12.9. The molecule has 0 unspecified atom stereocenters. The van der Waals surface area contributed by atoms with Crippen molar-refractivity contribution in [1.82, 2.24) is 10.6 Å². The molecule has 14 heteroatoms. The van der Waals surface area contributed by atoms with Crippen LogP contribution in [0.5, 0.6) is 0 Å². The molecule has 2 amide bonds. The lowest BCUT2D eigenvalue weighted by atomic mass is 9.96. The number of carbonyl (C=O) groups excluding carboxylic acids is 5. The maximum absolute atomic E-state index is 12.9. The van der Waals surface area contributed by atoms with Crippen LogP contribution in [0, 0.1) is 0 Å². The summed E-state index contributed by atoms with van der Waals surface area (Å²) < 4.78 is 38.3. The van der Waals surface area contributed by atoms with Crippen LogP contribution in [-0.4, -0.2) is 80.5 Å².